The van der Waals surface area contributed by atoms with Crippen LogP contribution >= 0.6 is 0 Å². The Balaban J connectivity index is 1.41. The lowest BCUT2D eigenvalue weighted by Gasteiger charge is -2.33. The third-order valence-electron chi connectivity index (χ3n) is 6.53. The molecule has 1 aliphatic heterocycles. The summed E-state index contributed by atoms with van der Waals surface area (Å²) in [5.74, 6) is 0.347. The van der Waals surface area contributed by atoms with E-state index >= 15 is 0 Å². The average molecular weight is 494 g/mol. The summed E-state index contributed by atoms with van der Waals surface area (Å²) < 4.78 is 32.7. The van der Waals surface area contributed by atoms with Crippen LogP contribution in [0.25, 0.3) is 0 Å². The van der Waals surface area contributed by atoms with Crippen LogP contribution in [0.5, 0.6) is 5.75 Å². The lowest BCUT2D eigenvalue weighted by atomic mass is 9.99. The average Bonchev–Trinajstić information content (AvgIpc) is 2.90. The molecule has 3 aromatic rings. The van der Waals surface area contributed by atoms with Gasteiger partial charge in [-0.25, -0.2) is 8.42 Å². The third kappa shape index (κ3) is 5.49. The van der Waals surface area contributed by atoms with Gasteiger partial charge in [-0.05, 0) is 66.9 Å². The van der Waals surface area contributed by atoms with Crippen LogP contribution in [0.15, 0.2) is 77.7 Å². The Kier molecular flexibility index (Phi) is 7.42. The summed E-state index contributed by atoms with van der Waals surface area (Å²) in [6.45, 7) is 4.38. The fraction of sp³-hybridized carbons (Fsp3) is 0.296. The highest BCUT2D eigenvalue weighted by atomic mass is 32.2. The van der Waals surface area contributed by atoms with Gasteiger partial charge in [-0.3, -0.25) is 14.0 Å². The van der Waals surface area contributed by atoms with Crippen LogP contribution in [0.4, 0.5) is 5.69 Å². The summed E-state index contributed by atoms with van der Waals surface area (Å²) in [4.78, 5) is 15.3. The van der Waals surface area contributed by atoms with Crippen molar-refractivity contribution in [1.82, 2.24) is 10.2 Å². The number of hydrogen-bond acceptors (Lipinski definition) is 5. The second-order valence-electron chi connectivity index (χ2n) is 8.75. The second kappa shape index (κ2) is 10.5. The van der Waals surface area contributed by atoms with Crippen LogP contribution in [-0.4, -0.2) is 52.5 Å². The molecule has 1 amide bonds. The van der Waals surface area contributed by atoms with Crippen LogP contribution in [0.3, 0.4) is 0 Å². The van der Waals surface area contributed by atoms with E-state index in [2.05, 4.69) is 41.4 Å². The summed E-state index contributed by atoms with van der Waals surface area (Å²) in [6.07, 6.45) is 0.996. The molecule has 0 saturated heterocycles. The number of fused-ring (bicyclic) bond motifs is 1. The standard InChI is InChI=1S/C27H31N3O4S/c1-20(30-16-15-21-7-4-5-8-23(21)19-30)18-28-27(31)22-9-6-10-26(17-22)35(32,33)29(2)24-11-13-25(34-3)14-12-24/h4-14,17,20H,15-16,18-19H2,1-3H3,(H,28,31). The summed E-state index contributed by atoms with van der Waals surface area (Å²) in [7, 11) is -0.798. The number of anilines is 1. The number of ether oxygens (including phenoxy) is 1. The number of benzene rings is 3. The van der Waals surface area contributed by atoms with E-state index in [0.29, 0.717) is 23.5 Å². The number of nitrogens with zero attached hydrogens (tertiary/aromatic N) is 2. The summed E-state index contributed by atoms with van der Waals surface area (Å²) in [5, 5.41) is 2.97. The quantitative estimate of drug-likeness (QED) is 0.518. The lowest BCUT2D eigenvalue weighted by Crippen LogP contribution is -2.44. The van der Waals surface area contributed by atoms with Crippen LogP contribution in [0.1, 0.15) is 28.4 Å². The zero-order chi connectivity index (χ0) is 25.0. The van der Waals surface area contributed by atoms with Crippen molar-refractivity contribution in [2.45, 2.75) is 30.8 Å². The third-order valence-corrected chi connectivity index (χ3v) is 8.31. The number of carbonyl (C=O) groups is 1. The molecule has 184 valence electrons. The Morgan fingerprint density at radius 1 is 1.06 bits per heavy atom. The number of sulfonamides is 1. The second-order valence-corrected chi connectivity index (χ2v) is 10.7. The largest absolute Gasteiger partial charge is 0.497 e. The van der Waals surface area contributed by atoms with E-state index in [0.717, 1.165) is 19.5 Å². The summed E-state index contributed by atoms with van der Waals surface area (Å²) in [5.41, 5.74) is 3.52. The van der Waals surface area contributed by atoms with Crippen molar-refractivity contribution in [3.05, 3.63) is 89.5 Å². The first kappa shape index (κ1) is 24.8. The van der Waals surface area contributed by atoms with Gasteiger partial charge < -0.3 is 10.1 Å². The maximum absolute atomic E-state index is 13.2. The van der Waals surface area contributed by atoms with E-state index in [9.17, 15) is 13.2 Å². The van der Waals surface area contributed by atoms with Crippen LogP contribution in [0, 0.1) is 0 Å². The molecule has 4 rings (SSSR count). The van der Waals surface area contributed by atoms with Crippen LogP contribution in [0.2, 0.25) is 0 Å². The molecule has 7 nitrogen and oxygen atoms in total. The van der Waals surface area contributed by atoms with Gasteiger partial charge in [0.05, 0.1) is 17.7 Å². The zero-order valence-electron chi connectivity index (χ0n) is 20.3. The molecule has 0 bridgehead atoms. The molecule has 1 aliphatic rings. The molecule has 3 aromatic carbocycles. The molecule has 0 spiro atoms. The predicted molar refractivity (Wildman–Crippen MR) is 137 cm³/mol. The maximum Gasteiger partial charge on any atom is 0.264 e. The smallest absolute Gasteiger partial charge is 0.264 e. The van der Waals surface area contributed by atoms with Crippen molar-refractivity contribution in [2.24, 2.45) is 0 Å². The van der Waals surface area contributed by atoms with Crippen LogP contribution < -0.4 is 14.4 Å². The molecule has 1 N–H and O–H groups in total. The van der Waals surface area contributed by atoms with Crippen molar-refractivity contribution < 1.29 is 17.9 Å². The van der Waals surface area contributed by atoms with Crippen molar-refractivity contribution in [2.75, 3.05) is 31.6 Å². The van der Waals surface area contributed by atoms with E-state index in [1.807, 2.05) is 0 Å². The Labute approximate surface area is 207 Å². The number of carbonyl (C=O) groups excluding carboxylic acids is 1. The maximum atomic E-state index is 13.2. The Bertz CT molecular complexity index is 1290. The Hall–Kier alpha value is -3.36. The number of amides is 1. The number of rotatable bonds is 8. The molecule has 1 heterocycles. The topological polar surface area (TPSA) is 78.9 Å². The molecule has 0 radical (unpaired) electrons. The van der Waals surface area contributed by atoms with Gasteiger partial charge in [0.15, 0.2) is 0 Å². The Morgan fingerprint density at radius 2 is 1.77 bits per heavy atom. The van der Waals surface area contributed by atoms with E-state index in [1.54, 1.807) is 43.5 Å². The highest BCUT2D eigenvalue weighted by molar-refractivity contribution is 7.92. The molecule has 35 heavy (non-hydrogen) atoms. The van der Waals surface area contributed by atoms with Gasteiger partial charge in [-0.2, -0.15) is 0 Å². The first-order valence-electron chi connectivity index (χ1n) is 11.6. The van der Waals surface area contributed by atoms with Gasteiger partial charge in [0.25, 0.3) is 15.9 Å². The minimum Gasteiger partial charge on any atom is -0.497 e. The molecule has 8 heteroatoms. The first-order chi connectivity index (χ1) is 16.8. The first-order valence-corrected chi connectivity index (χ1v) is 13.1. The van der Waals surface area contributed by atoms with Gasteiger partial charge in [-0.1, -0.05) is 30.3 Å². The van der Waals surface area contributed by atoms with Gasteiger partial charge in [0.1, 0.15) is 5.75 Å². The summed E-state index contributed by atoms with van der Waals surface area (Å²) >= 11 is 0. The van der Waals surface area contributed by atoms with E-state index in [1.165, 1.54) is 34.6 Å². The Morgan fingerprint density at radius 3 is 2.49 bits per heavy atom. The van der Waals surface area contributed by atoms with Crippen LogP contribution in [-0.2, 0) is 23.0 Å². The fourth-order valence-electron chi connectivity index (χ4n) is 4.25. The van der Waals surface area contributed by atoms with Gasteiger partial charge in [0, 0.05) is 38.3 Å². The SMILES string of the molecule is COc1ccc(N(C)S(=O)(=O)c2cccc(C(=O)NCC(C)N3CCc4ccccc4C3)c2)cc1. The number of hydrogen-bond donors (Lipinski definition) is 1. The highest BCUT2D eigenvalue weighted by Crippen LogP contribution is 2.25. The highest BCUT2D eigenvalue weighted by Gasteiger charge is 2.24. The van der Waals surface area contributed by atoms with E-state index < -0.39 is 10.0 Å². The van der Waals surface area contributed by atoms with Crippen molar-refractivity contribution >= 4 is 21.6 Å². The normalized spacial score (nSPS) is 14.6. The minimum absolute atomic E-state index is 0.0594. The monoisotopic (exact) mass is 493 g/mol. The fourth-order valence-corrected chi connectivity index (χ4v) is 5.49. The number of nitrogens with one attached hydrogen (secondary N) is 1. The molecule has 1 atom stereocenters. The molecule has 0 aliphatic carbocycles. The molecular formula is C27H31N3O4S. The van der Waals surface area contributed by atoms with E-state index in [-0.39, 0.29) is 16.8 Å². The number of methoxy groups -OCH3 is 1. The molecule has 1 unspecified atom stereocenters. The van der Waals surface area contributed by atoms with Crippen molar-refractivity contribution in [3.8, 4) is 5.75 Å². The minimum atomic E-state index is -3.84. The molecule has 0 aromatic heterocycles. The van der Waals surface area contributed by atoms with Crippen molar-refractivity contribution in [3.63, 3.8) is 0 Å². The zero-order valence-corrected chi connectivity index (χ0v) is 21.1. The molecular weight excluding hydrogens is 462 g/mol. The van der Waals surface area contributed by atoms with Crippen molar-refractivity contribution in [1.29, 1.82) is 0 Å². The van der Waals surface area contributed by atoms with Gasteiger partial charge in [0.2, 0.25) is 0 Å². The van der Waals surface area contributed by atoms with E-state index in [4.69, 9.17) is 4.74 Å². The predicted octanol–water partition coefficient (Wildman–Crippen LogP) is 3.70. The molecule has 0 saturated carbocycles. The molecule has 0 fully saturated rings. The van der Waals surface area contributed by atoms with Gasteiger partial charge >= 0.3 is 0 Å². The van der Waals surface area contributed by atoms with Gasteiger partial charge in [-0.15, -0.1) is 0 Å². The lowest BCUT2D eigenvalue weighted by molar-refractivity contribution is 0.0932. The summed E-state index contributed by atoms with van der Waals surface area (Å²) in [6, 6.07) is 21.5.